The molecule has 0 bridgehead atoms. The highest BCUT2D eigenvalue weighted by Gasteiger charge is 2.56. The Labute approximate surface area is 128 Å². The third kappa shape index (κ3) is 3.25. The molecule has 1 amide bonds. The van der Waals surface area contributed by atoms with Crippen molar-refractivity contribution in [2.45, 2.75) is 57.2 Å². The van der Waals surface area contributed by atoms with Crippen molar-refractivity contribution in [1.29, 1.82) is 0 Å². The van der Waals surface area contributed by atoms with Crippen LogP contribution in [-0.4, -0.2) is 54.0 Å². The molecule has 1 saturated heterocycles. The van der Waals surface area contributed by atoms with Crippen LogP contribution in [0.15, 0.2) is 0 Å². The molecule has 1 aliphatic carbocycles. The molecule has 1 saturated carbocycles. The van der Waals surface area contributed by atoms with Gasteiger partial charge in [-0.1, -0.05) is 6.42 Å². The first-order valence-corrected chi connectivity index (χ1v) is 7.90. The Kier molecular flexibility index (Phi) is 5.06. The number of piperidine rings is 1. The number of likely N-dealkylation sites (tertiary alicyclic amines) is 1. The first-order valence-electron chi connectivity index (χ1n) is 7.90. The van der Waals surface area contributed by atoms with Crippen molar-refractivity contribution < 1.29 is 27.8 Å². The van der Waals surface area contributed by atoms with Crippen LogP contribution < -0.4 is 0 Å². The minimum Gasteiger partial charge on any atom is -0.382 e. The molecule has 2 rings (SSSR count). The van der Waals surface area contributed by atoms with Crippen molar-refractivity contribution in [3.8, 4) is 0 Å². The summed E-state index contributed by atoms with van der Waals surface area (Å²) in [7, 11) is 0. The van der Waals surface area contributed by atoms with Gasteiger partial charge in [-0.25, -0.2) is 0 Å². The van der Waals surface area contributed by atoms with Crippen LogP contribution in [-0.2, 0) is 9.53 Å². The van der Waals surface area contributed by atoms with E-state index in [1.54, 1.807) is 0 Å². The fourth-order valence-electron chi connectivity index (χ4n) is 3.28. The predicted octanol–water partition coefficient (Wildman–Crippen LogP) is 2.50. The number of hydrogen-bond acceptors (Lipinski definition) is 3. The zero-order valence-corrected chi connectivity index (χ0v) is 12.9. The van der Waals surface area contributed by atoms with Crippen LogP contribution in [0.3, 0.4) is 0 Å². The molecule has 7 heteroatoms. The molecule has 0 aromatic heterocycles. The molecule has 0 radical (unpaired) electrons. The predicted molar refractivity (Wildman–Crippen MR) is 74.2 cm³/mol. The fraction of sp³-hybridized carbons (Fsp3) is 0.933. The van der Waals surface area contributed by atoms with Crippen LogP contribution in [0.25, 0.3) is 0 Å². The van der Waals surface area contributed by atoms with E-state index in [0.717, 1.165) is 19.3 Å². The number of ether oxygens (including phenoxy) is 1. The van der Waals surface area contributed by atoms with Crippen LogP contribution in [0.1, 0.15) is 45.4 Å². The second kappa shape index (κ2) is 6.35. The number of amides is 1. The standard InChI is InChI=1S/C15H24F3NO3/c1-2-22-11-8-13(4-3-5-13)12(20)19-9-6-14(21,7-10-19)15(16,17)18/h21H,2-11H2,1H3. The molecular formula is C15H24F3NO3. The molecule has 128 valence electrons. The second-order valence-corrected chi connectivity index (χ2v) is 6.40. The van der Waals surface area contributed by atoms with Crippen LogP contribution in [0.4, 0.5) is 13.2 Å². The third-order valence-corrected chi connectivity index (χ3v) is 5.10. The van der Waals surface area contributed by atoms with Gasteiger partial charge in [0.25, 0.3) is 0 Å². The molecule has 2 fully saturated rings. The quantitative estimate of drug-likeness (QED) is 0.791. The highest BCUT2D eigenvalue weighted by atomic mass is 19.4. The van der Waals surface area contributed by atoms with Gasteiger partial charge in [-0.3, -0.25) is 4.79 Å². The number of nitrogens with zero attached hydrogens (tertiary/aromatic N) is 1. The Hall–Kier alpha value is -0.820. The summed E-state index contributed by atoms with van der Waals surface area (Å²) >= 11 is 0. The first-order chi connectivity index (χ1) is 10.2. The molecule has 0 aromatic carbocycles. The molecule has 0 aromatic rings. The van der Waals surface area contributed by atoms with Gasteiger partial charge < -0.3 is 14.7 Å². The summed E-state index contributed by atoms with van der Waals surface area (Å²) in [6.07, 6.45) is -2.37. The maximum absolute atomic E-state index is 12.8. The minimum atomic E-state index is -4.63. The summed E-state index contributed by atoms with van der Waals surface area (Å²) in [5.41, 5.74) is -3.11. The van der Waals surface area contributed by atoms with E-state index in [2.05, 4.69) is 0 Å². The van der Waals surface area contributed by atoms with Gasteiger partial charge in [-0.05, 0) is 26.2 Å². The van der Waals surface area contributed by atoms with Crippen molar-refractivity contribution in [2.24, 2.45) is 5.41 Å². The lowest BCUT2D eigenvalue weighted by Crippen LogP contribution is -2.57. The van der Waals surface area contributed by atoms with Gasteiger partial charge in [0.1, 0.15) is 0 Å². The normalized spacial score (nSPS) is 24.0. The Morgan fingerprint density at radius 2 is 1.82 bits per heavy atom. The van der Waals surface area contributed by atoms with Gasteiger partial charge in [0.05, 0.1) is 5.41 Å². The number of halogens is 3. The summed E-state index contributed by atoms with van der Waals surface area (Å²) in [5.74, 6) is -0.0670. The topological polar surface area (TPSA) is 49.8 Å². The average molecular weight is 323 g/mol. The maximum atomic E-state index is 12.8. The van der Waals surface area contributed by atoms with Crippen molar-refractivity contribution in [2.75, 3.05) is 26.3 Å². The lowest BCUT2D eigenvalue weighted by atomic mass is 9.65. The number of hydrogen-bond donors (Lipinski definition) is 1. The Morgan fingerprint density at radius 1 is 1.23 bits per heavy atom. The zero-order valence-electron chi connectivity index (χ0n) is 12.9. The molecule has 1 N–H and O–H groups in total. The molecule has 1 aliphatic heterocycles. The van der Waals surface area contributed by atoms with E-state index in [1.807, 2.05) is 6.92 Å². The number of alkyl halides is 3. The summed E-state index contributed by atoms with van der Waals surface area (Å²) in [4.78, 5) is 14.2. The van der Waals surface area contributed by atoms with Crippen molar-refractivity contribution in [3.05, 3.63) is 0 Å². The summed E-state index contributed by atoms with van der Waals surface area (Å²) in [6.45, 7) is 2.91. The first kappa shape index (κ1) is 17.5. The monoisotopic (exact) mass is 323 g/mol. The van der Waals surface area contributed by atoms with Gasteiger partial charge in [0, 0.05) is 39.1 Å². The molecule has 4 nitrogen and oxygen atoms in total. The fourth-order valence-corrected chi connectivity index (χ4v) is 3.28. The smallest absolute Gasteiger partial charge is 0.382 e. The largest absolute Gasteiger partial charge is 0.417 e. The maximum Gasteiger partial charge on any atom is 0.417 e. The number of rotatable bonds is 5. The van der Waals surface area contributed by atoms with Crippen LogP contribution in [0, 0.1) is 5.41 Å². The van der Waals surface area contributed by atoms with E-state index >= 15 is 0 Å². The van der Waals surface area contributed by atoms with Gasteiger partial charge in [-0.2, -0.15) is 13.2 Å². The number of carbonyl (C=O) groups excluding carboxylic acids is 1. The van der Waals surface area contributed by atoms with E-state index < -0.39 is 30.0 Å². The van der Waals surface area contributed by atoms with E-state index in [1.165, 1.54) is 4.90 Å². The molecule has 0 unspecified atom stereocenters. The Morgan fingerprint density at radius 3 is 2.23 bits per heavy atom. The van der Waals surface area contributed by atoms with Crippen molar-refractivity contribution >= 4 is 5.91 Å². The van der Waals surface area contributed by atoms with Crippen LogP contribution in [0.2, 0.25) is 0 Å². The number of aliphatic hydroxyl groups is 1. The number of carbonyl (C=O) groups is 1. The van der Waals surface area contributed by atoms with E-state index in [0.29, 0.717) is 19.6 Å². The lowest BCUT2D eigenvalue weighted by molar-refractivity contribution is -0.272. The van der Waals surface area contributed by atoms with Gasteiger partial charge in [-0.15, -0.1) is 0 Å². The Balaban J connectivity index is 1.94. The van der Waals surface area contributed by atoms with E-state index in [9.17, 15) is 23.1 Å². The molecule has 2 aliphatic rings. The SMILES string of the molecule is CCOCCC1(C(=O)N2CCC(O)(C(F)(F)F)CC2)CCC1. The van der Waals surface area contributed by atoms with Gasteiger partial charge >= 0.3 is 6.18 Å². The van der Waals surface area contributed by atoms with Gasteiger partial charge in [0.15, 0.2) is 5.60 Å². The summed E-state index contributed by atoms with van der Waals surface area (Å²) in [5, 5.41) is 9.67. The average Bonchev–Trinajstić information content (AvgIpc) is 2.41. The molecule has 22 heavy (non-hydrogen) atoms. The van der Waals surface area contributed by atoms with E-state index in [4.69, 9.17) is 4.74 Å². The second-order valence-electron chi connectivity index (χ2n) is 6.40. The summed E-state index contributed by atoms with van der Waals surface area (Å²) in [6, 6.07) is 0. The zero-order chi connectivity index (χ0) is 16.4. The minimum absolute atomic E-state index is 0.0365. The van der Waals surface area contributed by atoms with Crippen LogP contribution in [0.5, 0.6) is 0 Å². The highest BCUT2D eigenvalue weighted by Crippen LogP contribution is 2.47. The molecular weight excluding hydrogens is 299 g/mol. The third-order valence-electron chi connectivity index (χ3n) is 5.10. The van der Waals surface area contributed by atoms with E-state index in [-0.39, 0.29) is 19.0 Å². The summed E-state index contributed by atoms with van der Waals surface area (Å²) < 4.78 is 43.7. The van der Waals surface area contributed by atoms with Crippen LogP contribution >= 0.6 is 0 Å². The molecule has 0 atom stereocenters. The lowest BCUT2D eigenvalue weighted by Gasteiger charge is -2.46. The highest BCUT2D eigenvalue weighted by molar-refractivity contribution is 5.83. The molecule has 1 heterocycles. The molecule has 0 spiro atoms. The Bertz CT molecular complexity index is 399. The van der Waals surface area contributed by atoms with Crippen molar-refractivity contribution in [1.82, 2.24) is 4.90 Å². The van der Waals surface area contributed by atoms with Crippen molar-refractivity contribution in [3.63, 3.8) is 0 Å². The van der Waals surface area contributed by atoms with Gasteiger partial charge in [0.2, 0.25) is 5.91 Å².